The van der Waals surface area contributed by atoms with Crippen molar-refractivity contribution in [1.29, 1.82) is 0 Å². The maximum absolute atomic E-state index is 5.13. The summed E-state index contributed by atoms with van der Waals surface area (Å²) in [4.78, 5) is 14.8. The van der Waals surface area contributed by atoms with Gasteiger partial charge in [0, 0.05) is 40.0 Å². The minimum atomic E-state index is 0.693. The molecule has 0 N–H and O–H groups in total. The zero-order valence-electron chi connectivity index (χ0n) is 27.2. The fourth-order valence-electron chi connectivity index (χ4n) is 6.68. The van der Waals surface area contributed by atoms with E-state index in [2.05, 4.69) is 169 Å². The van der Waals surface area contributed by atoms with Crippen molar-refractivity contribution in [3.63, 3.8) is 0 Å². The molecule has 0 bridgehead atoms. The molecule has 234 valence electrons. The van der Waals surface area contributed by atoms with Crippen LogP contribution in [0.3, 0.4) is 0 Å². The van der Waals surface area contributed by atoms with Gasteiger partial charge >= 0.3 is 0 Å². The molecule has 2 heterocycles. The van der Waals surface area contributed by atoms with E-state index in [0.29, 0.717) is 5.82 Å². The van der Waals surface area contributed by atoms with Crippen molar-refractivity contribution in [2.45, 2.75) is 0 Å². The molecular weight excluding hydrogens is 607 g/mol. The van der Waals surface area contributed by atoms with Gasteiger partial charge in [0.25, 0.3) is 0 Å². The molecule has 0 aliphatic rings. The lowest BCUT2D eigenvalue weighted by atomic mass is 9.98. The SMILES string of the molecule is c1ccc(-c2ccc(-c3nc(-c4ccc(-c5ccc6ccccc6c5)cc4)cc(-c4ccc(-c5cncc6ccccc56)cc4)n3)cc2)cc1. The molecule has 3 nitrogen and oxygen atoms in total. The number of rotatable bonds is 6. The van der Waals surface area contributed by atoms with Gasteiger partial charge < -0.3 is 0 Å². The molecule has 2 aromatic heterocycles. The quantitative estimate of drug-likeness (QED) is 0.182. The Morgan fingerprint density at radius 2 is 0.800 bits per heavy atom. The summed E-state index contributed by atoms with van der Waals surface area (Å²) in [5.41, 5.74) is 11.7. The molecule has 0 aliphatic carbocycles. The maximum atomic E-state index is 5.13. The first kappa shape index (κ1) is 29.4. The molecule has 0 unspecified atom stereocenters. The van der Waals surface area contributed by atoms with Gasteiger partial charge in [0.2, 0.25) is 0 Å². The summed E-state index contributed by atoms with van der Waals surface area (Å²) < 4.78 is 0. The van der Waals surface area contributed by atoms with Gasteiger partial charge in [0.15, 0.2) is 5.82 Å². The average Bonchev–Trinajstić information content (AvgIpc) is 3.21. The van der Waals surface area contributed by atoms with Gasteiger partial charge in [-0.2, -0.15) is 0 Å². The van der Waals surface area contributed by atoms with Crippen LogP contribution >= 0.6 is 0 Å². The fraction of sp³-hybridized carbons (Fsp3) is 0. The largest absolute Gasteiger partial charge is 0.263 e. The summed E-state index contributed by atoms with van der Waals surface area (Å²) in [5.74, 6) is 0.693. The van der Waals surface area contributed by atoms with E-state index in [9.17, 15) is 0 Å². The van der Waals surface area contributed by atoms with E-state index in [-0.39, 0.29) is 0 Å². The highest BCUT2D eigenvalue weighted by atomic mass is 14.9. The van der Waals surface area contributed by atoms with Crippen molar-refractivity contribution in [1.82, 2.24) is 15.0 Å². The van der Waals surface area contributed by atoms with Crippen molar-refractivity contribution in [3.05, 3.63) is 188 Å². The molecule has 9 aromatic rings. The monoisotopic (exact) mass is 637 g/mol. The molecule has 0 fully saturated rings. The van der Waals surface area contributed by atoms with Crippen LogP contribution in [0.4, 0.5) is 0 Å². The molecule has 0 spiro atoms. The van der Waals surface area contributed by atoms with Gasteiger partial charge in [-0.25, -0.2) is 9.97 Å². The Morgan fingerprint density at radius 3 is 1.50 bits per heavy atom. The summed E-state index contributed by atoms with van der Waals surface area (Å²) in [7, 11) is 0. The van der Waals surface area contributed by atoms with E-state index in [1.54, 1.807) is 0 Å². The minimum Gasteiger partial charge on any atom is -0.263 e. The van der Waals surface area contributed by atoms with Gasteiger partial charge in [0.05, 0.1) is 11.4 Å². The first-order valence-electron chi connectivity index (χ1n) is 16.8. The third-order valence-corrected chi connectivity index (χ3v) is 9.40. The van der Waals surface area contributed by atoms with Crippen LogP contribution in [0.5, 0.6) is 0 Å². The summed E-state index contributed by atoms with van der Waals surface area (Å²) in [6.45, 7) is 0. The summed E-state index contributed by atoms with van der Waals surface area (Å²) in [5, 5.41) is 4.80. The van der Waals surface area contributed by atoms with Gasteiger partial charge in [-0.15, -0.1) is 0 Å². The zero-order valence-corrected chi connectivity index (χ0v) is 27.2. The Labute approximate surface area is 291 Å². The molecule has 0 amide bonds. The second-order valence-electron chi connectivity index (χ2n) is 12.5. The molecule has 0 aliphatic heterocycles. The summed E-state index contributed by atoms with van der Waals surface area (Å²) in [6, 6.07) is 61.8. The Kier molecular flexibility index (Phi) is 7.49. The Morgan fingerprint density at radius 1 is 0.300 bits per heavy atom. The zero-order chi connectivity index (χ0) is 33.3. The predicted octanol–water partition coefficient (Wildman–Crippen LogP) is 12.2. The number of pyridine rings is 1. The van der Waals surface area contributed by atoms with Crippen LogP contribution in [0.15, 0.2) is 188 Å². The third kappa shape index (κ3) is 5.72. The average molecular weight is 638 g/mol. The highest BCUT2D eigenvalue weighted by molar-refractivity contribution is 5.96. The van der Waals surface area contributed by atoms with E-state index < -0.39 is 0 Å². The van der Waals surface area contributed by atoms with Crippen LogP contribution in [0, 0.1) is 0 Å². The number of nitrogens with zero attached hydrogens (tertiary/aromatic N) is 3. The van der Waals surface area contributed by atoms with Crippen molar-refractivity contribution in [2.24, 2.45) is 0 Å². The first-order chi connectivity index (χ1) is 24.7. The van der Waals surface area contributed by atoms with E-state index in [1.165, 1.54) is 32.8 Å². The second-order valence-corrected chi connectivity index (χ2v) is 12.5. The van der Waals surface area contributed by atoms with Gasteiger partial charge in [-0.05, 0) is 56.1 Å². The van der Waals surface area contributed by atoms with Gasteiger partial charge in [-0.3, -0.25) is 4.98 Å². The van der Waals surface area contributed by atoms with Crippen molar-refractivity contribution in [2.75, 3.05) is 0 Å². The molecular formula is C47H31N3. The highest BCUT2D eigenvalue weighted by Crippen LogP contribution is 2.33. The topological polar surface area (TPSA) is 38.7 Å². The lowest BCUT2D eigenvalue weighted by molar-refractivity contribution is 1.18. The van der Waals surface area contributed by atoms with Crippen LogP contribution < -0.4 is 0 Å². The van der Waals surface area contributed by atoms with Gasteiger partial charge in [0.1, 0.15) is 0 Å². The normalized spacial score (nSPS) is 11.2. The standard InChI is InChI=1S/C47H31N3/c1-2-8-32(9-3-1)34-16-25-39(26-17-34)47-49-45(37-21-14-35(15-22-37)41-27-18-33-10-4-5-11-40(33)28-41)29-46(50-47)38-23-19-36(20-24-38)44-31-48-30-42-12-6-7-13-43(42)44/h1-31H. The molecule has 0 radical (unpaired) electrons. The smallest absolute Gasteiger partial charge is 0.160 e. The van der Waals surface area contributed by atoms with Crippen LogP contribution in [-0.2, 0) is 0 Å². The van der Waals surface area contributed by atoms with Crippen molar-refractivity contribution in [3.8, 4) is 67.3 Å². The second kappa shape index (κ2) is 12.7. The Balaban J connectivity index is 1.10. The summed E-state index contributed by atoms with van der Waals surface area (Å²) >= 11 is 0. The number of aromatic nitrogens is 3. The van der Waals surface area contributed by atoms with Crippen LogP contribution in [0.1, 0.15) is 0 Å². The first-order valence-corrected chi connectivity index (χ1v) is 16.8. The van der Waals surface area contributed by atoms with E-state index >= 15 is 0 Å². The van der Waals surface area contributed by atoms with Crippen LogP contribution in [-0.4, -0.2) is 15.0 Å². The van der Waals surface area contributed by atoms with Crippen molar-refractivity contribution >= 4 is 21.5 Å². The maximum Gasteiger partial charge on any atom is 0.160 e. The number of benzene rings is 7. The molecule has 7 aromatic carbocycles. The van der Waals surface area contributed by atoms with Gasteiger partial charge in [-0.1, -0.05) is 164 Å². The van der Waals surface area contributed by atoms with E-state index in [1.807, 2.05) is 24.5 Å². The predicted molar refractivity (Wildman–Crippen MR) is 207 cm³/mol. The van der Waals surface area contributed by atoms with Crippen LogP contribution in [0.2, 0.25) is 0 Å². The van der Waals surface area contributed by atoms with Crippen molar-refractivity contribution < 1.29 is 0 Å². The Hall–Kier alpha value is -6.71. The minimum absolute atomic E-state index is 0.693. The molecule has 0 atom stereocenters. The van der Waals surface area contributed by atoms with E-state index in [4.69, 9.17) is 9.97 Å². The molecule has 3 heteroatoms. The third-order valence-electron chi connectivity index (χ3n) is 9.40. The number of hydrogen-bond donors (Lipinski definition) is 0. The number of hydrogen-bond acceptors (Lipinski definition) is 3. The molecule has 50 heavy (non-hydrogen) atoms. The lowest BCUT2D eigenvalue weighted by Crippen LogP contribution is -1.96. The number of fused-ring (bicyclic) bond motifs is 2. The fourth-order valence-corrected chi connectivity index (χ4v) is 6.68. The molecule has 0 saturated carbocycles. The summed E-state index contributed by atoms with van der Waals surface area (Å²) in [6.07, 6.45) is 3.86. The molecule has 9 rings (SSSR count). The highest BCUT2D eigenvalue weighted by Gasteiger charge is 2.13. The van der Waals surface area contributed by atoms with Crippen LogP contribution in [0.25, 0.3) is 88.8 Å². The lowest BCUT2D eigenvalue weighted by Gasteiger charge is -2.12. The Bertz CT molecular complexity index is 2600. The van der Waals surface area contributed by atoms with E-state index in [0.717, 1.165) is 50.2 Å². The molecule has 0 saturated heterocycles.